The van der Waals surface area contributed by atoms with Crippen LogP contribution in [0.4, 0.5) is 8.78 Å². The van der Waals surface area contributed by atoms with Crippen molar-refractivity contribution in [3.05, 3.63) is 35.4 Å². The summed E-state index contributed by atoms with van der Waals surface area (Å²) >= 11 is 0. The lowest BCUT2D eigenvalue weighted by atomic mass is 10.1. The number of halogens is 2. The summed E-state index contributed by atoms with van der Waals surface area (Å²) in [6.45, 7) is 4.24. The first kappa shape index (κ1) is 14.4. The molecule has 5 heteroatoms. The number of rotatable bonds is 4. The molecule has 19 heavy (non-hydrogen) atoms. The smallest absolute Gasteiger partial charge is 0.127 e. The summed E-state index contributed by atoms with van der Waals surface area (Å²) < 4.78 is 26.5. The van der Waals surface area contributed by atoms with Crippen LogP contribution in [-0.4, -0.2) is 56.1 Å². The molecule has 0 amide bonds. The quantitative estimate of drug-likeness (QED) is 0.889. The Kier molecular flexibility index (Phi) is 4.85. The standard InChI is InChI=1S/C14H21F2N3/c1-18-5-6-19(2)13(10-18)9-17-8-11-7-12(15)3-4-14(11)16/h3-4,7,13,17H,5-6,8-10H2,1-2H3. The number of nitrogens with one attached hydrogen (secondary N) is 1. The lowest BCUT2D eigenvalue weighted by Crippen LogP contribution is -2.53. The second-order valence-electron chi connectivity index (χ2n) is 5.26. The Morgan fingerprint density at radius 3 is 2.84 bits per heavy atom. The van der Waals surface area contributed by atoms with Crippen LogP contribution in [0, 0.1) is 11.6 Å². The van der Waals surface area contributed by atoms with Gasteiger partial charge in [-0.25, -0.2) is 8.78 Å². The van der Waals surface area contributed by atoms with Crippen molar-refractivity contribution in [1.29, 1.82) is 0 Å². The van der Waals surface area contributed by atoms with Crippen LogP contribution in [0.1, 0.15) is 5.56 Å². The minimum absolute atomic E-state index is 0.358. The Balaban J connectivity index is 1.84. The van der Waals surface area contributed by atoms with Crippen molar-refractivity contribution in [3.63, 3.8) is 0 Å². The summed E-state index contributed by atoms with van der Waals surface area (Å²) in [7, 11) is 4.20. The first-order chi connectivity index (χ1) is 9.06. The van der Waals surface area contributed by atoms with Crippen molar-refractivity contribution in [2.45, 2.75) is 12.6 Å². The van der Waals surface area contributed by atoms with Crippen LogP contribution >= 0.6 is 0 Å². The van der Waals surface area contributed by atoms with E-state index in [1.807, 2.05) is 0 Å². The van der Waals surface area contributed by atoms with E-state index < -0.39 is 5.82 Å². The Hall–Kier alpha value is -1.04. The van der Waals surface area contributed by atoms with Crippen LogP contribution < -0.4 is 5.32 Å². The number of likely N-dealkylation sites (N-methyl/N-ethyl adjacent to an activating group) is 2. The van der Waals surface area contributed by atoms with Crippen molar-refractivity contribution < 1.29 is 8.78 Å². The Labute approximate surface area is 113 Å². The zero-order chi connectivity index (χ0) is 13.8. The summed E-state index contributed by atoms with van der Waals surface area (Å²) in [6, 6.07) is 3.98. The van der Waals surface area contributed by atoms with Crippen molar-refractivity contribution in [2.24, 2.45) is 0 Å². The van der Waals surface area contributed by atoms with Gasteiger partial charge in [0.25, 0.3) is 0 Å². The molecule has 1 N–H and O–H groups in total. The molecular weight excluding hydrogens is 248 g/mol. The zero-order valence-electron chi connectivity index (χ0n) is 11.5. The highest BCUT2D eigenvalue weighted by Crippen LogP contribution is 2.10. The highest BCUT2D eigenvalue weighted by molar-refractivity contribution is 5.18. The number of hydrogen-bond donors (Lipinski definition) is 1. The van der Waals surface area contributed by atoms with Gasteiger partial charge in [0, 0.05) is 44.3 Å². The van der Waals surface area contributed by atoms with Crippen LogP contribution in [-0.2, 0) is 6.54 Å². The lowest BCUT2D eigenvalue weighted by Gasteiger charge is -2.37. The number of hydrogen-bond acceptors (Lipinski definition) is 3. The lowest BCUT2D eigenvalue weighted by molar-refractivity contribution is 0.113. The summed E-state index contributed by atoms with van der Waals surface area (Å²) in [5.41, 5.74) is 0.381. The van der Waals surface area contributed by atoms with Gasteiger partial charge in [-0.3, -0.25) is 4.90 Å². The summed E-state index contributed by atoms with van der Waals surface area (Å²) in [6.07, 6.45) is 0. The van der Waals surface area contributed by atoms with E-state index >= 15 is 0 Å². The molecule has 3 nitrogen and oxygen atoms in total. The first-order valence-electron chi connectivity index (χ1n) is 6.59. The third kappa shape index (κ3) is 3.96. The molecule has 1 aliphatic rings. The second-order valence-corrected chi connectivity index (χ2v) is 5.26. The number of nitrogens with zero attached hydrogens (tertiary/aromatic N) is 2. The van der Waals surface area contributed by atoms with Crippen molar-refractivity contribution in [1.82, 2.24) is 15.1 Å². The topological polar surface area (TPSA) is 18.5 Å². The van der Waals surface area contributed by atoms with E-state index in [2.05, 4.69) is 29.2 Å². The third-order valence-corrected chi connectivity index (χ3v) is 3.68. The molecule has 1 unspecified atom stereocenters. The maximum atomic E-state index is 13.4. The van der Waals surface area contributed by atoms with Gasteiger partial charge >= 0.3 is 0 Å². The van der Waals surface area contributed by atoms with Gasteiger partial charge in [-0.2, -0.15) is 0 Å². The van der Waals surface area contributed by atoms with E-state index in [0.29, 0.717) is 18.2 Å². The van der Waals surface area contributed by atoms with Gasteiger partial charge < -0.3 is 10.2 Å². The molecule has 1 saturated heterocycles. The highest BCUT2D eigenvalue weighted by Gasteiger charge is 2.21. The molecule has 1 fully saturated rings. The molecule has 1 heterocycles. The van der Waals surface area contributed by atoms with Gasteiger partial charge in [-0.05, 0) is 32.3 Å². The summed E-state index contributed by atoms with van der Waals surface area (Å²) in [5.74, 6) is -0.754. The minimum Gasteiger partial charge on any atom is -0.311 e. The maximum Gasteiger partial charge on any atom is 0.127 e. The molecule has 1 aromatic rings. The van der Waals surface area contributed by atoms with E-state index in [0.717, 1.165) is 32.2 Å². The Morgan fingerprint density at radius 2 is 2.05 bits per heavy atom. The fourth-order valence-corrected chi connectivity index (χ4v) is 2.37. The van der Waals surface area contributed by atoms with Crippen LogP contribution in [0.25, 0.3) is 0 Å². The van der Waals surface area contributed by atoms with Gasteiger partial charge in [-0.1, -0.05) is 0 Å². The molecule has 0 aromatic heterocycles. The molecule has 0 aliphatic carbocycles. The Morgan fingerprint density at radius 1 is 1.26 bits per heavy atom. The van der Waals surface area contributed by atoms with Crippen molar-refractivity contribution >= 4 is 0 Å². The molecule has 0 radical (unpaired) electrons. The van der Waals surface area contributed by atoms with Gasteiger partial charge in [0.15, 0.2) is 0 Å². The molecule has 106 valence electrons. The third-order valence-electron chi connectivity index (χ3n) is 3.68. The number of piperazine rings is 1. The highest BCUT2D eigenvalue weighted by atomic mass is 19.1. The van der Waals surface area contributed by atoms with E-state index in [4.69, 9.17) is 0 Å². The summed E-state index contributed by atoms with van der Waals surface area (Å²) in [4.78, 5) is 4.59. The molecule has 2 rings (SSSR count). The SMILES string of the molecule is CN1CCN(C)C(CNCc2cc(F)ccc2F)C1. The maximum absolute atomic E-state index is 13.4. The predicted octanol–water partition coefficient (Wildman–Crippen LogP) is 1.30. The van der Waals surface area contributed by atoms with E-state index in [1.165, 1.54) is 12.1 Å². The van der Waals surface area contributed by atoms with Crippen molar-refractivity contribution in [3.8, 4) is 0 Å². The Bertz CT molecular complexity index is 425. The van der Waals surface area contributed by atoms with Gasteiger partial charge in [-0.15, -0.1) is 0 Å². The molecule has 1 atom stereocenters. The van der Waals surface area contributed by atoms with E-state index in [1.54, 1.807) is 0 Å². The van der Waals surface area contributed by atoms with Crippen LogP contribution in [0.2, 0.25) is 0 Å². The van der Waals surface area contributed by atoms with Crippen LogP contribution in [0.3, 0.4) is 0 Å². The monoisotopic (exact) mass is 269 g/mol. The van der Waals surface area contributed by atoms with E-state index in [9.17, 15) is 8.78 Å². The summed E-state index contributed by atoms with van der Waals surface area (Å²) in [5, 5.41) is 3.22. The molecule has 0 spiro atoms. The number of benzene rings is 1. The molecule has 1 aliphatic heterocycles. The average molecular weight is 269 g/mol. The fourth-order valence-electron chi connectivity index (χ4n) is 2.37. The minimum atomic E-state index is -0.396. The normalized spacial score (nSPS) is 21.8. The van der Waals surface area contributed by atoms with Crippen LogP contribution in [0.5, 0.6) is 0 Å². The molecule has 0 saturated carbocycles. The zero-order valence-corrected chi connectivity index (χ0v) is 11.5. The van der Waals surface area contributed by atoms with Crippen LogP contribution in [0.15, 0.2) is 18.2 Å². The fraction of sp³-hybridized carbons (Fsp3) is 0.571. The van der Waals surface area contributed by atoms with Gasteiger partial charge in [0.2, 0.25) is 0 Å². The second kappa shape index (κ2) is 6.41. The predicted molar refractivity (Wildman–Crippen MR) is 72.0 cm³/mol. The molecule has 0 bridgehead atoms. The first-order valence-corrected chi connectivity index (χ1v) is 6.59. The molecule has 1 aromatic carbocycles. The average Bonchev–Trinajstić information content (AvgIpc) is 2.38. The molecular formula is C14H21F2N3. The van der Waals surface area contributed by atoms with Crippen molar-refractivity contribution in [2.75, 3.05) is 40.3 Å². The van der Waals surface area contributed by atoms with Gasteiger partial charge in [0.1, 0.15) is 11.6 Å². The largest absolute Gasteiger partial charge is 0.311 e. The van der Waals surface area contributed by atoms with Gasteiger partial charge in [0.05, 0.1) is 0 Å². The van der Waals surface area contributed by atoms with E-state index in [-0.39, 0.29) is 5.82 Å².